The molecule has 0 spiro atoms. The van der Waals surface area contributed by atoms with Gasteiger partial charge in [-0.1, -0.05) is 42.8 Å². The first-order valence-corrected chi connectivity index (χ1v) is 9.75. The third-order valence-electron chi connectivity index (χ3n) is 5.46. The van der Waals surface area contributed by atoms with E-state index in [0.29, 0.717) is 0 Å². The lowest BCUT2D eigenvalue weighted by Gasteiger charge is -2.19. The number of benzene rings is 2. The molecule has 1 aliphatic rings. The van der Waals surface area contributed by atoms with Crippen molar-refractivity contribution in [3.05, 3.63) is 59.9 Å². The van der Waals surface area contributed by atoms with Crippen LogP contribution in [0.2, 0.25) is 0 Å². The summed E-state index contributed by atoms with van der Waals surface area (Å²) in [6.07, 6.45) is 1.24. The van der Waals surface area contributed by atoms with Crippen molar-refractivity contribution >= 4 is 11.0 Å². The number of hydrogen-bond acceptors (Lipinski definition) is 3. The highest BCUT2D eigenvalue weighted by molar-refractivity contribution is 5.84. The van der Waals surface area contributed by atoms with Crippen LogP contribution >= 0.6 is 0 Å². The molecule has 3 aromatic rings. The molecule has 0 radical (unpaired) electrons. The average Bonchev–Trinajstić information content (AvgIpc) is 2.91. The lowest BCUT2D eigenvalue weighted by atomic mass is 10.0. The normalized spacial score (nSPS) is 16.8. The third-order valence-corrected chi connectivity index (χ3v) is 5.46. The number of hydrogen-bond donors (Lipinski definition) is 0. The number of likely N-dealkylation sites (N-methyl/N-ethyl adjacent to an activating group) is 1. The monoisotopic (exact) mass is 348 g/mol. The molecule has 0 aliphatic carbocycles. The zero-order valence-corrected chi connectivity index (χ0v) is 15.9. The van der Waals surface area contributed by atoms with E-state index in [1.807, 2.05) is 0 Å². The van der Waals surface area contributed by atoms with Crippen molar-refractivity contribution in [3.63, 3.8) is 0 Å². The summed E-state index contributed by atoms with van der Waals surface area (Å²) in [6.45, 7) is 11.1. The summed E-state index contributed by atoms with van der Waals surface area (Å²) in [7, 11) is 0. The van der Waals surface area contributed by atoms with Crippen LogP contribution in [0.4, 0.5) is 0 Å². The van der Waals surface area contributed by atoms with Gasteiger partial charge in [0, 0.05) is 18.5 Å². The molecule has 0 bridgehead atoms. The van der Waals surface area contributed by atoms with Gasteiger partial charge in [-0.3, -0.25) is 4.90 Å². The van der Waals surface area contributed by atoms with Crippen LogP contribution < -0.4 is 0 Å². The van der Waals surface area contributed by atoms with Crippen LogP contribution in [0.15, 0.2) is 52.9 Å². The molecule has 0 amide bonds. The van der Waals surface area contributed by atoms with Crippen LogP contribution in [0.1, 0.15) is 24.7 Å². The van der Waals surface area contributed by atoms with Gasteiger partial charge in [-0.25, -0.2) is 0 Å². The largest absolute Gasteiger partial charge is 0.460 e. The molecular weight excluding hydrogens is 320 g/mol. The van der Waals surface area contributed by atoms with Gasteiger partial charge in [0.1, 0.15) is 11.3 Å². The van der Waals surface area contributed by atoms with Crippen molar-refractivity contribution in [1.82, 2.24) is 9.80 Å². The molecular formula is C23H28N2O. The average molecular weight is 348 g/mol. The molecule has 1 aliphatic heterocycles. The quantitative estimate of drug-likeness (QED) is 0.666. The van der Waals surface area contributed by atoms with Crippen LogP contribution in [-0.2, 0) is 6.54 Å². The Hall–Kier alpha value is -2.10. The predicted octanol–water partition coefficient (Wildman–Crippen LogP) is 4.94. The third kappa shape index (κ3) is 3.84. The van der Waals surface area contributed by atoms with Crippen LogP contribution in [0.25, 0.3) is 22.1 Å². The Balaban J connectivity index is 1.51. The number of nitrogens with zero attached hydrogens (tertiary/aromatic N) is 2. The van der Waals surface area contributed by atoms with Gasteiger partial charge in [0.2, 0.25) is 0 Å². The van der Waals surface area contributed by atoms with Crippen molar-refractivity contribution in [1.29, 1.82) is 0 Å². The highest BCUT2D eigenvalue weighted by Crippen LogP contribution is 2.27. The van der Waals surface area contributed by atoms with Gasteiger partial charge in [0.25, 0.3) is 0 Å². The summed E-state index contributed by atoms with van der Waals surface area (Å²) in [6, 6.07) is 17.4. The SMILES string of the molecule is CCN1CCCN(Cc2cc3cc(-c4ccc(C)cc4)ccc3o2)CC1. The minimum Gasteiger partial charge on any atom is -0.460 e. The summed E-state index contributed by atoms with van der Waals surface area (Å²) in [4.78, 5) is 5.06. The Labute approximate surface area is 156 Å². The van der Waals surface area contributed by atoms with Gasteiger partial charge in [0.15, 0.2) is 0 Å². The summed E-state index contributed by atoms with van der Waals surface area (Å²) in [5, 5.41) is 1.20. The van der Waals surface area contributed by atoms with E-state index in [1.165, 1.54) is 35.0 Å². The van der Waals surface area contributed by atoms with E-state index in [2.05, 4.69) is 72.2 Å². The van der Waals surface area contributed by atoms with Crippen molar-refractivity contribution in [2.24, 2.45) is 0 Å². The Morgan fingerprint density at radius 3 is 2.38 bits per heavy atom. The maximum absolute atomic E-state index is 6.12. The first-order valence-electron chi connectivity index (χ1n) is 9.75. The first kappa shape index (κ1) is 17.3. The van der Waals surface area contributed by atoms with E-state index in [9.17, 15) is 0 Å². The minimum atomic E-state index is 0.909. The van der Waals surface area contributed by atoms with E-state index in [1.54, 1.807) is 0 Å². The maximum atomic E-state index is 6.12. The molecule has 2 heterocycles. The van der Waals surface area contributed by atoms with E-state index in [0.717, 1.165) is 44.1 Å². The van der Waals surface area contributed by atoms with Crippen LogP contribution in [-0.4, -0.2) is 42.5 Å². The van der Waals surface area contributed by atoms with Gasteiger partial charge in [-0.05, 0) is 62.3 Å². The highest BCUT2D eigenvalue weighted by Gasteiger charge is 2.15. The fraction of sp³-hybridized carbons (Fsp3) is 0.391. The fourth-order valence-electron chi connectivity index (χ4n) is 3.82. The second kappa shape index (κ2) is 7.65. The van der Waals surface area contributed by atoms with Gasteiger partial charge in [-0.2, -0.15) is 0 Å². The molecule has 26 heavy (non-hydrogen) atoms. The molecule has 0 atom stereocenters. The summed E-state index contributed by atoms with van der Waals surface area (Å²) >= 11 is 0. The molecule has 0 N–H and O–H groups in total. The number of furan rings is 1. The Bertz CT molecular complexity index is 866. The highest BCUT2D eigenvalue weighted by atomic mass is 16.3. The molecule has 1 fully saturated rings. The van der Waals surface area contributed by atoms with Crippen LogP contribution in [0.5, 0.6) is 0 Å². The van der Waals surface area contributed by atoms with Crippen molar-refractivity contribution < 1.29 is 4.42 Å². The fourth-order valence-corrected chi connectivity index (χ4v) is 3.82. The van der Waals surface area contributed by atoms with Gasteiger partial charge in [-0.15, -0.1) is 0 Å². The first-order chi connectivity index (χ1) is 12.7. The topological polar surface area (TPSA) is 19.6 Å². The molecule has 2 aromatic carbocycles. The zero-order chi connectivity index (χ0) is 17.9. The molecule has 1 saturated heterocycles. The molecule has 1 aromatic heterocycles. The molecule has 3 nitrogen and oxygen atoms in total. The van der Waals surface area contributed by atoms with Crippen LogP contribution in [0, 0.1) is 6.92 Å². The minimum absolute atomic E-state index is 0.909. The smallest absolute Gasteiger partial charge is 0.134 e. The predicted molar refractivity (Wildman–Crippen MR) is 108 cm³/mol. The molecule has 0 saturated carbocycles. The van der Waals surface area contributed by atoms with E-state index < -0.39 is 0 Å². The Morgan fingerprint density at radius 1 is 0.846 bits per heavy atom. The van der Waals surface area contributed by atoms with Gasteiger partial charge >= 0.3 is 0 Å². The second-order valence-electron chi connectivity index (χ2n) is 7.40. The van der Waals surface area contributed by atoms with Gasteiger partial charge < -0.3 is 9.32 Å². The second-order valence-corrected chi connectivity index (χ2v) is 7.40. The Kier molecular flexibility index (Phi) is 5.09. The van der Waals surface area contributed by atoms with E-state index in [-0.39, 0.29) is 0 Å². The van der Waals surface area contributed by atoms with E-state index in [4.69, 9.17) is 4.42 Å². The summed E-state index contributed by atoms with van der Waals surface area (Å²) < 4.78 is 6.12. The maximum Gasteiger partial charge on any atom is 0.134 e. The summed E-state index contributed by atoms with van der Waals surface area (Å²) in [5.41, 5.74) is 4.78. The standard InChI is InChI=1S/C23H28N2O/c1-3-24-11-4-12-25(14-13-24)17-22-16-21-15-20(9-10-23(21)26-22)19-7-5-18(2)6-8-19/h5-10,15-16H,3-4,11-14,17H2,1-2H3. The van der Waals surface area contributed by atoms with Crippen LogP contribution in [0.3, 0.4) is 0 Å². The number of fused-ring (bicyclic) bond motifs is 1. The zero-order valence-electron chi connectivity index (χ0n) is 15.9. The Morgan fingerprint density at radius 2 is 1.58 bits per heavy atom. The lowest BCUT2D eigenvalue weighted by Crippen LogP contribution is -2.30. The van der Waals surface area contributed by atoms with Crippen molar-refractivity contribution in [3.8, 4) is 11.1 Å². The number of rotatable bonds is 4. The lowest BCUT2D eigenvalue weighted by molar-refractivity contribution is 0.243. The molecule has 136 valence electrons. The molecule has 0 unspecified atom stereocenters. The van der Waals surface area contributed by atoms with Crippen molar-refractivity contribution in [2.45, 2.75) is 26.8 Å². The summed E-state index contributed by atoms with van der Waals surface area (Å²) in [5.74, 6) is 1.08. The molecule has 4 rings (SSSR count). The molecule has 3 heteroatoms. The van der Waals surface area contributed by atoms with Crippen molar-refractivity contribution in [2.75, 3.05) is 32.7 Å². The van der Waals surface area contributed by atoms with E-state index >= 15 is 0 Å². The van der Waals surface area contributed by atoms with Gasteiger partial charge in [0.05, 0.1) is 6.54 Å². The number of aryl methyl sites for hydroxylation is 1.